The number of amidine groups is 1. The lowest BCUT2D eigenvalue weighted by Gasteiger charge is -2.19. The topological polar surface area (TPSA) is 73.4 Å². The van der Waals surface area contributed by atoms with Gasteiger partial charge in [-0.25, -0.2) is 0 Å². The number of amides is 1. The molecule has 0 bridgehead atoms. The number of nitrogens with one attached hydrogen (secondary N) is 1. The summed E-state index contributed by atoms with van der Waals surface area (Å²) in [7, 11) is 1.95. The molecule has 2 rings (SSSR count). The van der Waals surface area contributed by atoms with Gasteiger partial charge in [0.25, 0.3) is 5.91 Å². The Morgan fingerprint density at radius 1 is 1.14 bits per heavy atom. The third-order valence-corrected chi connectivity index (χ3v) is 4.65. The zero-order chi connectivity index (χ0) is 20.7. The van der Waals surface area contributed by atoms with E-state index < -0.39 is 0 Å². The van der Waals surface area contributed by atoms with Crippen molar-refractivity contribution in [3.63, 3.8) is 0 Å². The van der Waals surface area contributed by atoms with Crippen molar-refractivity contribution in [2.24, 2.45) is 5.73 Å². The fourth-order valence-electron chi connectivity index (χ4n) is 2.92. The highest BCUT2D eigenvalue weighted by Gasteiger charge is 2.14. The van der Waals surface area contributed by atoms with Crippen LogP contribution >= 0.6 is 12.4 Å². The van der Waals surface area contributed by atoms with Gasteiger partial charge in [0.15, 0.2) is 0 Å². The van der Waals surface area contributed by atoms with Crippen LogP contribution in [0.1, 0.15) is 40.9 Å². The Morgan fingerprint density at radius 2 is 1.83 bits per heavy atom. The van der Waals surface area contributed by atoms with Crippen LogP contribution in [0.5, 0.6) is 0 Å². The van der Waals surface area contributed by atoms with E-state index in [9.17, 15) is 4.79 Å². The molecule has 0 saturated carbocycles. The Labute approximate surface area is 179 Å². The van der Waals surface area contributed by atoms with Gasteiger partial charge >= 0.3 is 0 Å². The fourth-order valence-corrected chi connectivity index (χ4v) is 2.92. The Morgan fingerprint density at radius 3 is 2.41 bits per heavy atom. The number of nitrogens with two attached hydrogens (primary N) is 1. The van der Waals surface area contributed by atoms with Gasteiger partial charge in [0.2, 0.25) is 0 Å². The minimum atomic E-state index is 0. The van der Waals surface area contributed by atoms with Crippen LogP contribution < -0.4 is 10.6 Å². The molecule has 0 radical (unpaired) electrons. The van der Waals surface area contributed by atoms with Crippen molar-refractivity contribution in [1.29, 1.82) is 5.41 Å². The first-order valence-corrected chi connectivity index (χ1v) is 9.41. The molecule has 0 spiro atoms. The minimum Gasteiger partial charge on any atom is -0.384 e. The normalized spacial score (nSPS) is 9.66. The van der Waals surface area contributed by atoms with Crippen molar-refractivity contribution in [1.82, 2.24) is 4.90 Å². The minimum absolute atomic E-state index is 0. The van der Waals surface area contributed by atoms with Crippen molar-refractivity contribution in [2.45, 2.75) is 20.8 Å². The fraction of sp³-hybridized carbons (Fsp3) is 0.304. The van der Waals surface area contributed by atoms with Crippen molar-refractivity contribution in [2.75, 3.05) is 31.6 Å². The molecule has 0 saturated heterocycles. The van der Waals surface area contributed by atoms with Crippen LogP contribution in [-0.4, -0.2) is 43.3 Å². The summed E-state index contributed by atoms with van der Waals surface area (Å²) in [5.74, 6) is 6.44. The molecule has 0 unspecified atom stereocenters. The number of nitrogen functional groups attached to an aromatic ring is 1. The number of anilines is 1. The first-order chi connectivity index (χ1) is 13.4. The van der Waals surface area contributed by atoms with Gasteiger partial charge in [0, 0.05) is 42.5 Å². The number of hydrogen-bond acceptors (Lipinski definition) is 3. The van der Waals surface area contributed by atoms with Crippen molar-refractivity contribution < 1.29 is 4.79 Å². The lowest BCUT2D eigenvalue weighted by atomic mass is 10.0. The molecular formula is C23H29ClN4O. The Hall–Kier alpha value is -2.97. The first kappa shape index (κ1) is 24.1. The molecule has 0 aliphatic rings. The number of carbonyl (C=O) groups excluding carboxylic acids is 1. The molecule has 5 nitrogen and oxygen atoms in total. The molecule has 29 heavy (non-hydrogen) atoms. The van der Waals surface area contributed by atoms with E-state index >= 15 is 0 Å². The molecule has 0 atom stereocenters. The van der Waals surface area contributed by atoms with Crippen LogP contribution in [0.25, 0.3) is 0 Å². The summed E-state index contributed by atoms with van der Waals surface area (Å²) < 4.78 is 0. The van der Waals surface area contributed by atoms with E-state index in [0.29, 0.717) is 25.2 Å². The number of aryl methyl sites for hydroxylation is 1. The predicted octanol–water partition coefficient (Wildman–Crippen LogP) is 3.67. The average Bonchev–Trinajstić information content (AvgIpc) is 2.69. The zero-order valence-electron chi connectivity index (χ0n) is 17.5. The SMILES string of the molecule is CCN(CC)C(=O)c1ccc(C#CCN(C)c2cccc(C(=N)N)c2)cc1C.Cl. The summed E-state index contributed by atoms with van der Waals surface area (Å²) in [6.45, 7) is 7.86. The van der Waals surface area contributed by atoms with Gasteiger partial charge in [-0.1, -0.05) is 24.0 Å². The van der Waals surface area contributed by atoms with Crippen LogP contribution in [0, 0.1) is 24.2 Å². The Kier molecular flexibility index (Phi) is 9.24. The molecule has 0 aromatic heterocycles. The van der Waals surface area contributed by atoms with Crippen LogP contribution in [0.15, 0.2) is 42.5 Å². The van der Waals surface area contributed by atoms with E-state index in [1.807, 2.05) is 80.1 Å². The zero-order valence-corrected chi connectivity index (χ0v) is 18.3. The van der Waals surface area contributed by atoms with Gasteiger partial charge in [-0.15, -0.1) is 12.4 Å². The molecule has 0 heterocycles. The maximum absolute atomic E-state index is 12.5. The lowest BCUT2D eigenvalue weighted by molar-refractivity contribution is 0.0772. The summed E-state index contributed by atoms with van der Waals surface area (Å²) >= 11 is 0. The van der Waals surface area contributed by atoms with Gasteiger partial charge in [-0.3, -0.25) is 10.2 Å². The van der Waals surface area contributed by atoms with E-state index in [4.69, 9.17) is 11.1 Å². The van der Waals surface area contributed by atoms with Crippen LogP contribution in [0.3, 0.4) is 0 Å². The van der Waals surface area contributed by atoms with Gasteiger partial charge < -0.3 is 15.5 Å². The highest BCUT2D eigenvalue weighted by molar-refractivity contribution is 5.96. The highest BCUT2D eigenvalue weighted by Crippen LogP contribution is 2.15. The third kappa shape index (κ3) is 6.27. The molecule has 6 heteroatoms. The second kappa shape index (κ2) is 11.1. The number of nitrogens with zero attached hydrogens (tertiary/aromatic N) is 2. The summed E-state index contributed by atoms with van der Waals surface area (Å²) in [6.07, 6.45) is 0. The van der Waals surface area contributed by atoms with Crippen LogP contribution in [-0.2, 0) is 0 Å². The molecule has 1 amide bonds. The maximum atomic E-state index is 12.5. The van der Waals surface area contributed by atoms with E-state index in [2.05, 4.69) is 11.8 Å². The molecule has 0 fully saturated rings. The van der Waals surface area contributed by atoms with E-state index in [1.54, 1.807) is 0 Å². The quantitative estimate of drug-likeness (QED) is 0.432. The molecule has 154 valence electrons. The summed E-state index contributed by atoms with van der Waals surface area (Å²) in [5.41, 5.74) is 9.76. The maximum Gasteiger partial charge on any atom is 0.254 e. The predicted molar refractivity (Wildman–Crippen MR) is 123 cm³/mol. The number of benzene rings is 2. The van der Waals surface area contributed by atoms with Crippen LogP contribution in [0.2, 0.25) is 0 Å². The second-order valence-electron chi connectivity index (χ2n) is 6.63. The summed E-state index contributed by atoms with van der Waals surface area (Å²) in [5, 5.41) is 7.55. The molecule has 0 aliphatic heterocycles. The molecule has 2 aromatic rings. The van der Waals surface area contributed by atoms with E-state index in [1.165, 1.54) is 0 Å². The number of halogens is 1. The van der Waals surface area contributed by atoms with Gasteiger partial charge in [-0.2, -0.15) is 0 Å². The van der Waals surface area contributed by atoms with Crippen LogP contribution in [0.4, 0.5) is 5.69 Å². The summed E-state index contributed by atoms with van der Waals surface area (Å²) in [6, 6.07) is 13.3. The monoisotopic (exact) mass is 412 g/mol. The van der Waals surface area contributed by atoms with Crippen molar-refractivity contribution >= 4 is 29.8 Å². The van der Waals surface area contributed by atoms with Crippen molar-refractivity contribution in [3.05, 3.63) is 64.7 Å². The molecular weight excluding hydrogens is 384 g/mol. The Balaban J connectivity index is 0.00000420. The Bertz CT molecular complexity index is 926. The molecule has 0 aliphatic carbocycles. The number of rotatable bonds is 6. The number of hydrogen-bond donors (Lipinski definition) is 2. The van der Waals surface area contributed by atoms with Gasteiger partial charge in [0.1, 0.15) is 5.84 Å². The van der Waals surface area contributed by atoms with E-state index in [0.717, 1.165) is 22.4 Å². The first-order valence-electron chi connectivity index (χ1n) is 9.41. The van der Waals surface area contributed by atoms with Crippen molar-refractivity contribution in [3.8, 4) is 11.8 Å². The molecule has 3 N–H and O–H groups in total. The van der Waals surface area contributed by atoms with Gasteiger partial charge in [0.05, 0.1) is 6.54 Å². The average molecular weight is 413 g/mol. The smallest absolute Gasteiger partial charge is 0.254 e. The van der Waals surface area contributed by atoms with Gasteiger partial charge in [-0.05, 0) is 56.7 Å². The highest BCUT2D eigenvalue weighted by atomic mass is 35.5. The molecule has 2 aromatic carbocycles. The lowest BCUT2D eigenvalue weighted by Crippen LogP contribution is -2.30. The van der Waals surface area contributed by atoms with E-state index in [-0.39, 0.29) is 24.1 Å². The number of carbonyl (C=O) groups is 1. The largest absolute Gasteiger partial charge is 0.384 e. The third-order valence-electron chi connectivity index (χ3n) is 4.65. The standard InChI is InChI=1S/C23H28N4O.ClH/c1-5-27(6-2)23(28)21-13-12-18(15-17(21)3)9-8-14-26(4)20-11-7-10-19(16-20)22(24)25;/h7,10-13,15-16H,5-6,14H2,1-4H3,(H3,24,25);1H. The summed E-state index contributed by atoms with van der Waals surface area (Å²) in [4.78, 5) is 16.4. The second-order valence-corrected chi connectivity index (χ2v) is 6.63.